The van der Waals surface area contributed by atoms with Gasteiger partial charge in [0.15, 0.2) is 0 Å². The number of amides is 1. The van der Waals surface area contributed by atoms with Gasteiger partial charge in [0.1, 0.15) is 17.3 Å². The van der Waals surface area contributed by atoms with Gasteiger partial charge in [0.25, 0.3) is 5.91 Å². The van der Waals surface area contributed by atoms with Crippen LogP contribution < -0.4 is 5.32 Å². The molecule has 0 fully saturated rings. The van der Waals surface area contributed by atoms with E-state index >= 15 is 0 Å². The van der Waals surface area contributed by atoms with Gasteiger partial charge in [-0.3, -0.25) is 4.79 Å². The molecule has 21 heavy (non-hydrogen) atoms. The summed E-state index contributed by atoms with van der Waals surface area (Å²) in [6.45, 7) is 0. The van der Waals surface area contributed by atoms with E-state index in [9.17, 15) is 13.6 Å². The zero-order valence-electron chi connectivity index (χ0n) is 10.8. The highest BCUT2D eigenvalue weighted by atomic mass is 19.1. The minimum atomic E-state index is -0.703. The van der Waals surface area contributed by atoms with Crippen LogP contribution in [-0.2, 0) is 0 Å². The summed E-state index contributed by atoms with van der Waals surface area (Å²) in [5, 5.41) is 3.21. The average molecular weight is 284 g/mol. The summed E-state index contributed by atoms with van der Waals surface area (Å²) in [5.41, 5.74) is 0.581. The largest absolute Gasteiger partial charge is 0.318 e. The smallest absolute Gasteiger partial charge is 0.274 e. The topological polar surface area (TPSA) is 42.0 Å². The Labute approximate surface area is 119 Å². The van der Waals surface area contributed by atoms with Crippen molar-refractivity contribution >= 4 is 22.5 Å². The first-order chi connectivity index (χ1) is 10.1. The number of aromatic nitrogens is 1. The van der Waals surface area contributed by atoms with Crippen LogP contribution in [0.2, 0.25) is 0 Å². The number of fused-ring (bicyclic) bond motifs is 1. The highest BCUT2D eigenvalue weighted by Crippen LogP contribution is 2.17. The number of benzene rings is 2. The van der Waals surface area contributed by atoms with Crippen molar-refractivity contribution in [2.24, 2.45) is 0 Å². The van der Waals surface area contributed by atoms with E-state index in [2.05, 4.69) is 10.3 Å². The van der Waals surface area contributed by atoms with Gasteiger partial charge in [-0.1, -0.05) is 24.3 Å². The number of para-hydroxylation sites is 1. The third-order valence-electron chi connectivity index (χ3n) is 3.01. The van der Waals surface area contributed by atoms with Crippen molar-refractivity contribution in [1.29, 1.82) is 0 Å². The number of nitrogens with one attached hydrogen (secondary N) is 1. The zero-order chi connectivity index (χ0) is 14.8. The molecule has 5 heteroatoms. The first kappa shape index (κ1) is 13.2. The van der Waals surface area contributed by atoms with Gasteiger partial charge in [0.05, 0.1) is 11.2 Å². The lowest BCUT2D eigenvalue weighted by atomic mass is 10.2. The molecule has 0 aliphatic rings. The van der Waals surface area contributed by atoms with E-state index in [1.165, 1.54) is 6.07 Å². The van der Waals surface area contributed by atoms with E-state index in [1.807, 2.05) is 18.2 Å². The second-order valence-corrected chi connectivity index (χ2v) is 4.47. The van der Waals surface area contributed by atoms with E-state index in [1.54, 1.807) is 12.1 Å². The number of hydrogen-bond acceptors (Lipinski definition) is 2. The maximum atomic E-state index is 13.5. The fraction of sp³-hybridized carbons (Fsp3) is 0. The maximum Gasteiger partial charge on any atom is 0.274 e. The van der Waals surface area contributed by atoms with Crippen molar-refractivity contribution in [2.45, 2.75) is 0 Å². The molecule has 0 saturated heterocycles. The average Bonchev–Trinajstić information content (AvgIpc) is 2.50. The molecule has 0 bridgehead atoms. The highest BCUT2D eigenvalue weighted by Gasteiger charge is 2.12. The van der Waals surface area contributed by atoms with E-state index < -0.39 is 17.5 Å². The van der Waals surface area contributed by atoms with Crippen LogP contribution in [0.5, 0.6) is 0 Å². The van der Waals surface area contributed by atoms with Crippen LogP contribution in [0.4, 0.5) is 14.5 Å². The lowest BCUT2D eigenvalue weighted by Crippen LogP contribution is -2.14. The summed E-state index contributed by atoms with van der Waals surface area (Å²) in [6, 6.07) is 13.5. The van der Waals surface area contributed by atoms with E-state index in [0.717, 1.165) is 23.6 Å². The summed E-state index contributed by atoms with van der Waals surface area (Å²) < 4.78 is 26.6. The van der Waals surface area contributed by atoms with Crippen molar-refractivity contribution in [3.63, 3.8) is 0 Å². The summed E-state index contributed by atoms with van der Waals surface area (Å²) in [7, 11) is 0. The van der Waals surface area contributed by atoms with Crippen LogP contribution >= 0.6 is 0 Å². The van der Waals surface area contributed by atoms with Gasteiger partial charge in [-0.2, -0.15) is 0 Å². The summed E-state index contributed by atoms with van der Waals surface area (Å²) in [5.74, 6) is -1.92. The Morgan fingerprint density at radius 2 is 1.81 bits per heavy atom. The van der Waals surface area contributed by atoms with Crippen LogP contribution in [0.3, 0.4) is 0 Å². The van der Waals surface area contributed by atoms with Crippen molar-refractivity contribution in [3.8, 4) is 0 Å². The number of carbonyl (C=O) groups excluding carboxylic acids is 1. The molecule has 3 aromatic rings. The molecule has 3 rings (SSSR count). The molecule has 1 aromatic heterocycles. The van der Waals surface area contributed by atoms with Gasteiger partial charge in [-0.15, -0.1) is 0 Å². The second-order valence-electron chi connectivity index (χ2n) is 4.47. The molecule has 0 saturated carbocycles. The van der Waals surface area contributed by atoms with Gasteiger partial charge < -0.3 is 5.32 Å². The van der Waals surface area contributed by atoms with Crippen LogP contribution in [-0.4, -0.2) is 10.9 Å². The molecule has 0 aliphatic heterocycles. The second kappa shape index (κ2) is 5.28. The number of nitrogens with zero attached hydrogens (tertiary/aromatic N) is 1. The van der Waals surface area contributed by atoms with Crippen LogP contribution in [0, 0.1) is 11.6 Å². The first-order valence-corrected chi connectivity index (χ1v) is 6.26. The molecule has 1 N–H and O–H groups in total. The van der Waals surface area contributed by atoms with Gasteiger partial charge in [0, 0.05) is 11.5 Å². The molecule has 0 atom stereocenters. The molecule has 0 radical (unpaired) electrons. The Balaban J connectivity index is 1.91. The monoisotopic (exact) mass is 284 g/mol. The minimum absolute atomic E-state index is 0.136. The SMILES string of the molecule is O=C(Nc1cc(F)ccc1F)c1ccc2ccccc2n1. The number of halogens is 2. The summed E-state index contributed by atoms with van der Waals surface area (Å²) in [4.78, 5) is 16.3. The molecule has 0 unspecified atom stereocenters. The lowest BCUT2D eigenvalue weighted by Gasteiger charge is -2.06. The van der Waals surface area contributed by atoms with Gasteiger partial charge in [-0.25, -0.2) is 13.8 Å². The maximum absolute atomic E-state index is 13.5. The molecule has 0 aliphatic carbocycles. The van der Waals surface area contributed by atoms with Crippen molar-refractivity contribution in [1.82, 2.24) is 4.98 Å². The normalized spacial score (nSPS) is 10.6. The first-order valence-electron chi connectivity index (χ1n) is 6.26. The molecule has 104 valence electrons. The van der Waals surface area contributed by atoms with Gasteiger partial charge in [-0.05, 0) is 24.3 Å². The van der Waals surface area contributed by atoms with Gasteiger partial charge >= 0.3 is 0 Å². The molecule has 0 spiro atoms. The summed E-state index contributed by atoms with van der Waals surface area (Å²) in [6.07, 6.45) is 0. The number of anilines is 1. The predicted molar refractivity (Wildman–Crippen MR) is 76.1 cm³/mol. The van der Waals surface area contributed by atoms with Crippen LogP contribution in [0.15, 0.2) is 54.6 Å². The fourth-order valence-corrected chi connectivity index (χ4v) is 1.97. The third-order valence-corrected chi connectivity index (χ3v) is 3.01. The van der Waals surface area contributed by atoms with Gasteiger partial charge in [0.2, 0.25) is 0 Å². The van der Waals surface area contributed by atoms with E-state index in [-0.39, 0.29) is 11.4 Å². The minimum Gasteiger partial charge on any atom is -0.318 e. The Hall–Kier alpha value is -2.82. The zero-order valence-corrected chi connectivity index (χ0v) is 10.8. The molecular formula is C16H10F2N2O. The van der Waals surface area contributed by atoms with Crippen molar-refractivity contribution in [3.05, 3.63) is 71.9 Å². The predicted octanol–water partition coefficient (Wildman–Crippen LogP) is 3.77. The Kier molecular flexibility index (Phi) is 3.31. The quantitative estimate of drug-likeness (QED) is 0.778. The summed E-state index contributed by atoms with van der Waals surface area (Å²) >= 11 is 0. The molecular weight excluding hydrogens is 274 g/mol. The molecule has 3 nitrogen and oxygen atoms in total. The van der Waals surface area contributed by atoms with E-state index in [4.69, 9.17) is 0 Å². The van der Waals surface area contributed by atoms with Crippen molar-refractivity contribution < 1.29 is 13.6 Å². The van der Waals surface area contributed by atoms with Crippen LogP contribution in [0.1, 0.15) is 10.5 Å². The Morgan fingerprint density at radius 3 is 2.67 bits per heavy atom. The number of rotatable bonds is 2. The standard InChI is InChI=1S/C16H10F2N2O/c17-11-6-7-12(18)15(9-11)20-16(21)14-8-5-10-3-1-2-4-13(10)19-14/h1-9H,(H,20,21). The Morgan fingerprint density at radius 1 is 1.00 bits per heavy atom. The molecule has 1 heterocycles. The van der Waals surface area contributed by atoms with E-state index in [0.29, 0.717) is 5.52 Å². The number of carbonyl (C=O) groups is 1. The highest BCUT2D eigenvalue weighted by molar-refractivity contribution is 6.04. The third kappa shape index (κ3) is 2.72. The Bertz CT molecular complexity index is 833. The number of pyridine rings is 1. The number of hydrogen-bond donors (Lipinski definition) is 1. The molecule has 1 amide bonds. The van der Waals surface area contributed by atoms with Crippen molar-refractivity contribution in [2.75, 3.05) is 5.32 Å². The fourth-order valence-electron chi connectivity index (χ4n) is 1.97. The lowest BCUT2D eigenvalue weighted by molar-refractivity contribution is 0.102. The molecule has 2 aromatic carbocycles. The van der Waals surface area contributed by atoms with Crippen LogP contribution in [0.25, 0.3) is 10.9 Å².